The van der Waals surface area contributed by atoms with E-state index in [1.165, 1.54) is 6.20 Å². The number of rotatable bonds is 0. The van der Waals surface area contributed by atoms with E-state index in [0.29, 0.717) is 34.9 Å². The molecule has 124 valence electrons. The minimum atomic E-state index is -4.66. The second kappa shape index (κ2) is 4.08. The Morgan fingerprint density at radius 3 is 2.88 bits per heavy atom. The molecule has 3 aliphatic rings. The Kier molecular flexibility index (Phi) is 2.42. The van der Waals surface area contributed by atoms with Crippen molar-refractivity contribution in [2.45, 2.75) is 31.5 Å². The number of aliphatic hydroxyl groups excluding tert-OH is 1. The molecule has 1 unspecified atom stereocenters. The Morgan fingerprint density at radius 1 is 1.33 bits per heavy atom. The van der Waals surface area contributed by atoms with Crippen LogP contribution in [0.2, 0.25) is 0 Å². The highest BCUT2D eigenvalue weighted by atomic mass is 19.4. The van der Waals surface area contributed by atoms with E-state index >= 15 is 0 Å². The highest BCUT2D eigenvalue weighted by Crippen LogP contribution is 2.65. The summed E-state index contributed by atoms with van der Waals surface area (Å²) in [6, 6.07) is 3.19. The molecule has 0 aliphatic heterocycles. The lowest BCUT2D eigenvalue weighted by Crippen LogP contribution is -2.38. The van der Waals surface area contributed by atoms with Gasteiger partial charge in [0.1, 0.15) is 0 Å². The fraction of sp³-hybridized carbons (Fsp3) is 0.412. The van der Waals surface area contributed by atoms with Gasteiger partial charge in [-0.05, 0) is 42.4 Å². The van der Waals surface area contributed by atoms with Gasteiger partial charge in [-0.1, -0.05) is 6.07 Å². The fourth-order valence-corrected chi connectivity index (χ4v) is 4.96. The van der Waals surface area contributed by atoms with E-state index in [2.05, 4.69) is 10.2 Å². The number of nitrogens with one attached hydrogen (secondary N) is 1. The predicted octanol–water partition coefficient (Wildman–Crippen LogP) is 3.24. The maximum Gasteiger partial charge on any atom is 0.415 e. The number of alkyl halides is 3. The van der Waals surface area contributed by atoms with Gasteiger partial charge < -0.3 is 5.11 Å². The number of nitrogens with zero attached hydrogens (tertiary/aromatic N) is 1. The van der Waals surface area contributed by atoms with Crippen molar-refractivity contribution in [2.24, 2.45) is 11.3 Å². The molecule has 3 aliphatic carbocycles. The third-order valence-electron chi connectivity index (χ3n) is 5.90. The highest BCUT2D eigenvalue weighted by Gasteiger charge is 2.63. The molecular weight excluding hydrogens is 321 g/mol. The molecule has 0 saturated heterocycles. The van der Waals surface area contributed by atoms with Crippen LogP contribution in [0.4, 0.5) is 13.2 Å². The van der Waals surface area contributed by atoms with Crippen molar-refractivity contribution in [1.82, 2.24) is 10.2 Å². The minimum absolute atomic E-state index is 0.000602. The number of ketones is 1. The number of Topliss-reactive ketones (excluding diaryl/α,β-unsaturated/α-hetero) is 1. The zero-order valence-electron chi connectivity index (χ0n) is 12.4. The van der Waals surface area contributed by atoms with Gasteiger partial charge in [0.25, 0.3) is 0 Å². The van der Waals surface area contributed by atoms with E-state index in [9.17, 15) is 23.1 Å². The summed E-state index contributed by atoms with van der Waals surface area (Å²) in [5.74, 6) is -0.765. The van der Waals surface area contributed by atoms with Crippen molar-refractivity contribution in [1.29, 1.82) is 0 Å². The van der Waals surface area contributed by atoms with Gasteiger partial charge in [0.2, 0.25) is 0 Å². The van der Waals surface area contributed by atoms with Gasteiger partial charge in [-0.25, -0.2) is 0 Å². The number of aromatic amines is 1. The molecule has 0 radical (unpaired) electrons. The summed E-state index contributed by atoms with van der Waals surface area (Å²) in [7, 11) is 0. The first kappa shape index (κ1) is 14.2. The van der Waals surface area contributed by atoms with Crippen LogP contribution in [0.25, 0.3) is 16.5 Å². The molecule has 24 heavy (non-hydrogen) atoms. The summed E-state index contributed by atoms with van der Waals surface area (Å²) in [4.78, 5) is 13.2. The van der Waals surface area contributed by atoms with Crippen LogP contribution in [0, 0.1) is 11.3 Å². The van der Waals surface area contributed by atoms with Crippen molar-refractivity contribution in [2.75, 3.05) is 0 Å². The van der Waals surface area contributed by atoms with Gasteiger partial charge in [0.15, 0.2) is 5.78 Å². The van der Waals surface area contributed by atoms with Crippen LogP contribution in [-0.2, 0) is 0 Å². The molecule has 2 aromatic rings. The lowest BCUT2D eigenvalue weighted by Gasteiger charge is -2.35. The van der Waals surface area contributed by atoms with Crippen molar-refractivity contribution in [3.05, 3.63) is 35.0 Å². The number of fused-ring (bicyclic) bond motifs is 5. The number of hydrogen-bond acceptors (Lipinski definition) is 3. The fourth-order valence-electron chi connectivity index (χ4n) is 4.96. The second-order valence-corrected chi connectivity index (χ2v) is 6.96. The standard InChI is InChI=1S/C17H13F3N2O2/c18-17(19,20)13-12-8-1-2-10-9(6-21-22-10)11(8)15(24)16(12)4-3-7(5-16)14(13)23/h1-2,6-7,14,23H,3-5H2,(H,21,22)/t7?,14-,16-/m1/s1. The molecule has 1 saturated carbocycles. The molecule has 1 aromatic carbocycles. The van der Waals surface area contributed by atoms with Crippen LogP contribution in [0.5, 0.6) is 0 Å². The van der Waals surface area contributed by atoms with Gasteiger partial charge in [-0.2, -0.15) is 18.3 Å². The Bertz CT molecular complexity index is 943. The third kappa shape index (κ3) is 1.45. The molecule has 1 aromatic heterocycles. The van der Waals surface area contributed by atoms with Gasteiger partial charge in [0, 0.05) is 10.9 Å². The van der Waals surface area contributed by atoms with Crippen LogP contribution in [0.15, 0.2) is 23.9 Å². The molecule has 1 spiro atoms. The summed E-state index contributed by atoms with van der Waals surface area (Å²) in [6.07, 6.45) is -3.66. The number of aliphatic hydroxyl groups is 1. The average Bonchev–Trinajstić information content (AvgIpc) is 3.18. The molecular formula is C17H13F3N2O2. The third-order valence-corrected chi connectivity index (χ3v) is 5.90. The largest absolute Gasteiger partial charge is 0.415 e. The zero-order valence-corrected chi connectivity index (χ0v) is 12.4. The topological polar surface area (TPSA) is 66.0 Å². The quantitative estimate of drug-likeness (QED) is 0.777. The van der Waals surface area contributed by atoms with Crippen molar-refractivity contribution >= 4 is 22.3 Å². The van der Waals surface area contributed by atoms with E-state index in [1.807, 2.05) is 0 Å². The Hall–Kier alpha value is -2.15. The minimum Gasteiger partial charge on any atom is -0.388 e. The maximum absolute atomic E-state index is 13.7. The van der Waals surface area contributed by atoms with Crippen molar-refractivity contribution in [3.8, 4) is 0 Å². The van der Waals surface area contributed by atoms with Crippen LogP contribution < -0.4 is 0 Å². The molecule has 7 heteroatoms. The SMILES string of the molecule is O=C1c2c(ccc3[nH]ncc23)C2=C(C(F)(F)F)[C@H](O)C3CC[C@]12C3. The normalized spacial score (nSPS) is 31.8. The summed E-state index contributed by atoms with van der Waals surface area (Å²) in [5.41, 5.74) is -0.817. The Balaban J connectivity index is 1.93. The molecule has 4 nitrogen and oxygen atoms in total. The van der Waals surface area contributed by atoms with E-state index < -0.39 is 29.2 Å². The number of hydrogen-bond donors (Lipinski definition) is 2. The van der Waals surface area contributed by atoms with Gasteiger partial charge in [-0.3, -0.25) is 9.89 Å². The molecule has 1 heterocycles. The Labute approximate surface area is 134 Å². The smallest absolute Gasteiger partial charge is 0.388 e. The molecule has 2 bridgehead atoms. The number of aromatic nitrogens is 2. The van der Waals surface area contributed by atoms with Crippen molar-refractivity contribution < 1.29 is 23.1 Å². The van der Waals surface area contributed by atoms with Crippen LogP contribution >= 0.6 is 0 Å². The number of halogens is 3. The van der Waals surface area contributed by atoms with Gasteiger partial charge >= 0.3 is 6.18 Å². The van der Waals surface area contributed by atoms with E-state index in [1.54, 1.807) is 12.1 Å². The summed E-state index contributed by atoms with van der Waals surface area (Å²) < 4.78 is 41.2. The van der Waals surface area contributed by atoms with Gasteiger partial charge in [-0.15, -0.1) is 0 Å². The summed E-state index contributed by atoms with van der Waals surface area (Å²) in [6.45, 7) is 0. The number of carbonyl (C=O) groups excluding carboxylic acids is 1. The zero-order chi connectivity index (χ0) is 16.9. The first-order chi connectivity index (χ1) is 11.3. The first-order valence-electron chi connectivity index (χ1n) is 7.86. The summed E-state index contributed by atoms with van der Waals surface area (Å²) >= 11 is 0. The van der Waals surface area contributed by atoms with Crippen LogP contribution in [0.3, 0.4) is 0 Å². The monoisotopic (exact) mass is 334 g/mol. The van der Waals surface area contributed by atoms with Crippen LogP contribution in [0.1, 0.15) is 35.2 Å². The van der Waals surface area contributed by atoms with E-state index in [-0.39, 0.29) is 17.8 Å². The first-order valence-corrected chi connectivity index (χ1v) is 7.86. The molecule has 1 fully saturated rings. The molecule has 2 N–H and O–H groups in total. The number of carbonyl (C=O) groups is 1. The molecule has 0 amide bonds. The summed E-state index contributed by atoms with van der Waals surface area (Å²) in [5, 5.41) is 17.5. The number of H-pyrrole nitrogens is 1. The number of benzene rings is 1. The lowest BCUT2D eigenvalue weighted by atomic mass is 9.70. The lowest BCUT2D eigenvalue weighted by molar-refractivity contribution is -0.110. The van der Waals surface area contributed by atoms with Gasteiger partial charge in [0.05, 0.1) is 28.8 Å². The van der Waals surface area contributed by atoms with Crippen molar-refractivity contribution in [3.63, 3.8) is 0 Å². The van der Waals surface area contributed by atoms with E-state index in [0.717, 1.165) is 0 Å². The maximum atomic E-state index is 13.7. The molecule has 3 atom stereocenters. The Morgan fingerprint density at radius 2 is 2.12 bits per heavy atom. The molecule has 5 rings (SSSR count). The number of allylic oxidation sites excluding steroid dienone is 1. The van der Waals surface area contributed by atoms with Crippen LogP contribution in [-0.4, -0.2) is 33.4 Å². The highest BCUT2D eigenvalue weighted by molar-refractivity contribution is 6.23. The predicted molar refractivity (Wildman–Crippen MR) is 79.2 cm³/mol. The van der Waals surface area contributed by atoms with E-state index in [4.69, 9.17) is 0 Å². The average molecular weight is 334 g/mol. The second-order valence-electron chi connectivity index (χ2n) is 6.96.